The summed E-state index contributed by atoms with van der Waals surface area (Å²) < 4.78 is 13.5. The van der Waals surface area contributed by atoms with Crippen molar-refractivity contribution in [2.24, 2.45) is 0 Å². The van der Waals surface area contributed by atoms with E-state index in [2.05, 4.69) is 5.32 Å². The first-order valence-electron chi connectivity index (χ1n) is 7.39. The molecule has 1 spiro atoms. The van der Waals surface area contributed by atoms with Gasteiger partial charge in [-0.1, -0.05) is 6.07 Å². The van der Waals surface area contributed by atoms with E-state index in [1.165, 1.54) is 0 Å². The molecule has 0 saturated carbocycles. The summed E-state index contributed by atoms with van der Waals surface area (Å²) in [6, 6.07) is 5.19. The van der Waals surface area contributed by atoms with Crippen LogP contribution in [0.1, 0.15) is 19.3 Å². The fourth-order valence-corrected chi connectivity index (χ4v) is 3.10. The van der Waals surface area contributed by atoms with Gasteiger partial charge in [0.15, 0.2) is 0 Å². The maximum atomic E-state index is 11.6. The van der Waals surface area contributed by atoms with E-state index in [0.717, 1.165) is 32.4 Å². The molecule has 20 heavy (non-hydrogen) atoms. The zero-order chi connectivity index (χ0) is 13.8. The second-order valence-corrected chi connectivity index (χ2v) is 5.67. The smallest absolute Gasteiger partial charge is 0.250 e. The van der Waals surface area contributed by atoms with Gasteiger partial charge in [-0.15, -0.1) is 0 Å². The lowest BCUT2D eigenvalue weighted by molar-refractivity contribution is -0.0235. The van der Waals surface area contributed by atoms with Crippen LogP contribution < -0.4 is 10.9 Å². The van der Waals surface area contributed by atoms with Gasteiger partial charge in [-0.05, 0) is 32.0 Å². The van der Waals surface area contributed by atoms with Crippen LogP contribution in [0.2, 0.25) is 0 Å². The highest BCUT2D eigenvalue weighted by atomic mass is 16.6. The summed E-state index contributed by atoms with van der Waals surface area (Å²) in [6.07, 6.45) is 5.10. The lowest BCUT2D eigenvalue weighted by Gasteiger charge is -2.32. The van der Waals surface area contributed by atoms with Gasteiger partial charge in [-0.25, -0.2) is 0 Å². The quantitative estimate of drug-likeness (QED) is 0.884. The van der Waals surface area contributed by atoms with Crippen LogP contribution >= 0.6 is 0 Å². The first-order valence-corrected chi connectivity index (χ1v) is 7.39. The molecule has 1 N–H and O–H groups in total. The Morgan fingerprint density at radius 3 is 3.05 bits per heavy atom. The van der Waals surface area contributed by atoms with E-state index >= 15 is 0 Å². The molecule has 0 bridgehead atoms. The molecule has 110 valence electrons. The Balaban J connectivity index is 1.46. The number of piperidine rings is 1. The monoisotopic (exact) mass is 278 g/mol. The van der Waals surface area contributed by atoms with Crippen molar-refractivity contribution in [3.05, 3.63) is 34.7 Å². The number of aromatic nitrogens is 1. The summed E-state index contributed by atoms with van der Waals surface area (Å²) in [7, 11) is 0. The van der Waals surface area contributed by atoms with Crippen LogP contribution in [-0.4, -0.2) is 42.6 Å². The Morgan fingerprint density at radius 2 is 2.25 bits per heavy atom. The van der Waals surface area contributed by atoms with Crippen molar-refractivity contribution in [2.75, 3.05) is 26.3 Å². The SMILES string of the molecule is O=c1ccccn1CCOC1COC2(CCNCC2)C1. The van der Waals surface area contributed by atoms with E-state index in [0.29, 0.717) is 19.8 Å². The van der Waals surface area contributed by atoms with Gasteiger partial charge in [0.25, 0.3) is 5.56 Å². The Bertz CT molecular complexity index is 494. The minimum Gasteiger partial charge on any atom is -0.374 e. The molecule has 2 aliphatic rings. The standard InChI is InChI=1S/C15H22N2O3/c18-14-3-1-2-8-17(14)9-10-19-13-11-15(20-12-13)4-6-16-7-5-15/h1-3,8,13,16H,4-7,9-12H2. The molecule has 0 aliphatic carbocycles. The molecule has 1 aromatic rings. The highest BCUT2D eigenvalue weighted by molar-refractivity contribution is 4.94. The van der Waals surface area contributed by atoms with Gasteiger partial charge >= 0.3 is 0 Å². The zero-order valence-electron chi connectivity index (χ0n) is 11.7. The minimum atomic E-state index is 0.0218. The summed E-state index contributed by atoms with van der Waals surface area (Å²) in [6.45, 7) is 3.92. The molecular formula is C15H22N2O3. The van der Waals surface area contributed by atoms with Crippen molar-refractivity contribution >= 4 is 0 Å². The average Bonchev–Trinajstić information content (AvgIpc) is 2.85. The van der Waals surface area contributed by atoms with E-state index in [1.807, 2.05) is 6.07 Å². The fourth-order valence-electron chi connectivity index (χ4n) is 3.10. The van der Waals surface area contributed by atoms with Gasteiger partial charge in [-0.2, -0.15) is 0 Å². The molecule has 1 unspecified atom stereocenters. The summed E-state index contributed by atoms with van der Waals surface area (Å²) in [5, 5.41) is 3.36. The molecule has 0 aromatic carbocycles. The van der Waals surface area contributed by atoms with Crippen molar-refractivity contribution in [2.45, 2.75) is 37.5 Å². The molecule has 0 radical (unpaired) electrons. The molecule has 3 rings (SSSR count). The van der Waals surface area contributed by atoms with Gasteiger partial charge < -0.3 is 19.4 Å². The molecule has 2 fully saturated rings. The summed E-state index contributed by atoms with van der Waals surface area (Å²) >= 11 is 0. The van der Waals surface area contributed by atoms with Crippen LogP contribution in [0.4, 0.5) is 0 Å². The van der Waals surface area contributed by atoms with Crippen LogP contribution in [0.5, 0.6) is 0 Å². The maximum Gasteiger partial charge on any atom is 0.250 e. The van der Waals surface area contributed by atoms with Gasteiger partial charge in [-0.3, -0.25) is 4.79 Å². The number of rotatable bonds is 4. The fraction of sp³-hybridized carbons (Fsp3) is 0.667. The third kappa shape index (κ3) is 3.11. The van der Waals surface area contributed by atoms with Crippen molar-refractivity contribution in [1.82, 2.24) is 9.88 Å². The number of nitrogens with one attached hydrogen (secondary N) is 1. The van der Waals surface area contributed by atoms with Crippen molar-refractivity contribution < 1.29 is 9.47 Å². The second-order valence-electron chi connectivity index (χ2n) is 5.67. The largest absolute Gasteiger partial charge is 0.374 e. The highest BCUT2D eigenvalue weighted by Gasteiger charge is 2.41. The highest BCUT2D eigenvalue weighted by Crippen LogP contribution is 2.35. The lowest BCUT2D eigenvalue weighted by atomic mass is 9.89. The predicted octanol–water partition coefficient (Wildman–Crippen LogP) is 0.776. The topological polar surface area (TPSA) is 52.5 Å². The molecular weight excluding hydrogens is 256 g/mol. The summed E-state index contributed by atoms with van der Waals surface area (Å²) in [4.78, 5) is 11.6. The Labute approximate surface area is 118 Å². The van der Waals surface area contributed by atoms with Gasteiger partial charge in [0.1, 0.15) is 0 Å². The molecule has 2 saturated heterocycles. The number of hydrogen-bond acceptors (Lipinski definition) is 4. The van der Waals surface area contributed by atoms with Crippen LogP contribution in [0, 0.1) is 0 Å². The minimum absolute atomic E-state index is 0.0218. The van der Waals surface area contributed by atoms with E-state index in [1.54, 1.807) is 22.9 Å². The number of hydrogen-bond donors (Lipinski definition) is 1. The number of nitrogens with zero attached hydrogens (tertiary/aromatic N) is 1. The summed E-state index contributed by atoms with van der Waals surface area (Å²) in [5.41, 5.74) is 0.0630. The van der Waals surface area contributed by atoms with Crippen LogP contribution in [0.15, 0.2) is 29.2 Å². The molecule has 2 aliphatic heterocycles. The summed E-state index contributed by atoms with van der Waals surface area (Å²) in [5.74, 6) is 0. The second kappa shape index (κ2) is 6.08. The normalized spacial score (nSPS) is 25.1. The maximum absolute atomic E-state index is 11.6. The average molecular weight is 278 g/mol. The van der Waals surface area contributed by atoms with Gasteiger partial charge in [0, 0.05) is 25.2 Å². The third-order valence-corrected chi connectivity index (χ3v) is 4.27. The van der Waals surface area contributed by atoms with Crippen molar-refractivity contribution in [3.8, 4) is 0 Å². The third-order valence-electron chi connectivity index (χ3n) is 4.27. The number of ether oxygens (including phenoxy) is 2. The van der Waals surface area contributed by atoms with Gasteiger partial charge in [0.05, 0.1) is 24.9 Å². The lowest BCUT2D eigenvalue weighted by Crippen LogP contribution is -2.41. The van der Waals surface area contributed by atoms with E-state index < -0.39 is 0 Å². The zero-order valence-corrected chi connectivity index (χ0v) is 11.7. The number of pyridine rings is 1. The van der Waals surface area contributed by atoms with E-state index in [-0.39, 0.29) is 17.3 Å². The Kier molecular flexibility index (Phi) is 4.19. The molecule has 1 atom stereocenters. The predicted molar refractivity (Wildman–Crippen MR) is 75.8 cm³/mol. The molecule has 1 aromatic heterocycles. The van der Waals surface area contributed by atoms with Crippen molar-refractivity contribution in [1.29, 1.82) is 0 Å². The van der Waals surface area contributed by atoms with E-state index in [4.69, 9.17) is 9.47 Å². The van der Waals surface area contributed by atoms with Crippen LogP contribution in [0.25, 0.3) is 0 Å². The molecule has 5 nitrogen and oxygen atoms in total. The van der Waals surface area contributed by atoms with Crippen LogP contribution in [0.3, 0.4) is 0 Å². The van der Waals surface area contributed by atoms with Crippen molar-refractivity contribution in [3.63, 3.8) is 0 Å². The molecule has 3 heterocycles. The van der Waals surface area contributed by atoms with E-state index in [9.17, 15) is 4.79 Å². The molecule has 0 amide bonds. The first-order chi connectivity index (χ1) is 9.77. The molecule has 5 heteroatoms. The van der Waals surface area contributed by atoms with Gasteiger partial charge in [0.2, 0.25) is 0 Å². The van der Waals surface area contributed by atoms with Crippen LogP contribution in [-0.2, 0) is 16.0 Å². The first kappa shape index (κ1) is 13.8. The Morgan fingerprint density at radius 1 is 1.40 bits per heavy atom. The Hall–Kier alpha value is -1.17.